The van der Waals surface area contributed by atoms with Gasteiger partial charge in [0.15, 0.2) is 0 Å². The van der Waals surface area contributed by atoms with Gasteiger partial charge in [0, 0.05) is 24.6 Å². The molecule has 0 bridgehead atoms. The molecule has 0 aliphatic carbocycles. The summed E-state index contributed by atoms with van der Waals surface area (Å²) in [5.41, 5.74) is 3.92. The van der Waals surface area contributed by atoms with Crippen molar-refractivity contribution >= 4 is 44.6 Å². The van der Waals surface area contributed by atoms with E-state index >= 15 is 0 Å². The summed E-state index contributed by atoms with van der Waals surface area (Å²) in [5, 5.41) is 9.20. The van der Waals surface area contributed by atoms with Crippen LogP contribution in [0, 0.1) is 12.8 Å². The van der Waals surface area contributed by atoms with Gasteiger partial charge in [-0.2, -0.15) is 0 Å². The van der Waals surface area contributed by atoms with E-state index in [1.165, 1.54) is 5.56 Å². The Balaban J connectivity index is 1.23. The lowest BCUT2D eigenvalue weighted by Gasteiger charge is -2.30. The SMILES string of the molecule is Cc1ccc(-c2cn3nc(N4CCC(C(=O)Nc5ccccc5Cl)CC4)sc3n2)cc1. The predicted octanol–water partition coefficient (Wildman–Crippen LogP) is 5.27. The average Bonchev–Trinajstić information content (AvgIpc) is 3.35. The molecular weight excluding hydrogens is 430 g/mol. The number of halogens is 1. The summed E-state index contributed by atoms with van der Waals surface area (Å²) >= 11 is 7.74. The van der Waals surface area contributed by atoms with Crippen molar-refractivity contribution in [2.75, 3.05) is 23.3 Å². The summed E-state index contributed by atoms with van der Waals surface area (Å²) in [7, 11) is 0. The lowest BCUT2D eigenvalue weighted by atomic mass is 9.96. The second-order valence-corrected chi connectivity index (χ2v) is 9.18. The third-order valence-electron chi connectivity index (χ3n) is 5.65. The summed E-state index contributed by atoms with van der Waals surface area (Å²) in [6.07, 6.45) is 3.55. The van der Waals surface area contributed by atoms with Crippen LogP contribution in [0.25, 0.3) is 16.2 Å². The Morgan fingerprint density at radius 2 is 1.87 bits per heavy atom. The molecule has 158 valence electrons. The Morgan fingerprint density at radius 3 is 2.58 bits per heavy atom. The first-order valence-corrected chi connectivity index (χ1v) is 11.5. The van der Waals surface area contributed by atoms with Gasteiger partial charge in [-0.15, -0.1) is 5.10 Å². The highest BCUT2D eigenvalue weighted by Gasteiger charge is 2.27. The van der Waals surface area contributed by atoms with Gasteiger partial charge in [0.05, 0.1) is 22.6 Å². The smallest absolute Gasteiger partial charge is 0.227 e. The maximum atomic E-state index is 12.6. The highest BCUT2D eigenvalue weighted by molar-refractivity contribution is 7.20. The van der Waals surface area contributed by atoms with Crippen LogP contribution in [-0.2, 0) is 4.79 Å². The molecule has 8 heteroatoms. The topological polar surface area (TPSA) is 62.5 Å². The predicted molar refractivity (Wildman–Crippen MR) is 126 cm³/mol. The van der Waals surface area contributed by atoms with Crippen molar-refractivity contribution in [3.8, 4) is 11.3 Å². The molecule has 1 N–H and O–H groups in total. The van der Waals surface area contributed by atoms with Gasteiger partial charge in [0.2, 0.25) is 16.0 Å². The minimum Gasteiger partial charge on any atom is -0.347 e. The van der Waals surface area contributed by atoms with Crippen molar-refractivity contribution in [2.45, 2.75) is 19.8 Å². The Bertz CT molecular complexity index is 1190. The van der Waals surface area contributed by atoms with Crippen molar-refractivity contribution in [2.24, 2.45) is 5.92 Å². The monoisotopic (exact) mass is 451 g/mol. The highest BCUT2D eigenvalue weighted by atomic mass is 35.5. The number of piperidine rings is 1. The third kappa shape index (κ3) is 4.16. The van der Waals surface area contributed by atoms with E-state index in [4.69, 9.17) is 21.7 Å². The zero-order valence-electron chi connectivity index (χ0n) is 17.1. The van der Waals surface area contributed by atoms with Crippen LogP contribution in [-0.4, -0.2) is 33.6 Å². The van der Waals surface area contributed by atoms with Gasteiger partial charge >= 0.3 is 0 Å². The van der Waals surface area contributed by atoms with E-state index in [9.17, 15) is 4.79 Å². The number of para-hydroxylation sites is 1. The number of hydrogen-bond acceptors (Lipinski definition) is 5. The molecule has 0 spiro atoms. The summed E-state index contributed by atoms with van der Waals surface area (Å²) in [5.74, 6) is 0.00846. The minimum atomic E-state index is -0.0234. The maximum absolute atomic E-state index is 12.6. The lowest BCUT2D eigenvalue weighted by molar-refractivity contribution is -0.120. The number of carbonyl (C=O) groups excluding carboxylic acids is 1. The van der Waals surface area contributed by atoms with Crippen LogP contribution < -0.4 is 10.2 Å². The summed E-state index contributed by atoms with van der Waals surface area (Å²) < 4.78 is 1.85. The minimum absolute atomic E-state index is 0.0234. The zero-order valence-corrected chi connectivity index (χ0v) is 18.7. The molecule has 4 aromatic rings. The first kappa shape index (κ1) is 20.0. The van der Waals surface area contributed by atoms with Crippen LogP contribution in [0.5, 0.6) is 0 Å². The normalized spacial score (nSPS) is 14.8. The molecule has 3 heterocycles. The Hall–Kier alpha value is -2.90. The molecule has 1 fully saturated rings. The molecule has 0 radical (unpaired) electrons. The number of nitrogens with one attached hydrogen (secondary N) is 1. The third-order valence-corrected chi connectivity index (χ3v) is 6.96. The number of hydrogen-bond donors (Lipinski definition) is 1. The molecule has 1 saturated heterocycles. The number of imidazole rings is 1. The summed E-state index contributed by atoms with van der Waals surface area (Å²) in [4.78, 5) is 20.5. The highest BCUT2D eigenvalue weighted by Crippen LogP contribution is 2.30. The Kier molecular flexibility index (Phi) is 5.38. The fourth-order valence-corrected chi connectivity index (χ4v) is 4.93. The van der Waals surface area contributed by atoms with E-state index in [1.807, 2.05) is 28.9 Å². The van der Waals surface area contributed by atoms with E-state index in [2.05, 4.69) is 41.4 Å². The van der Waals surface area contributed by atoms with E-state index in [0.717, 1.165) is 47.3 Å². The van der Waals surface area contributed by atoms with Crippen LogP contribution in [0.4, 0.5) is 10.8 Å². The van der Waals surface area contributed by atoms with Crippen molar-refractivity contribution in [3.63, 3.8) is 0 Å². The molecule has 1 aliphatic rings. The largest absolute Gasteiger partial charge is 0.347 e. The number of aryl methyl sites for hydroxylation is 1. The average molecular weight is 452 g/mol. The van der Waals surface area contributed by atoms with Crippen molar-refractivity contribution in [1.29, 1.82) is 0 Å². The summed E-state index contributed by atoms with van der Waals surface area (Å²) in [6, 6.07) is 15.7. The number of amides is 1. The van der Waals surface area contributed by atoms with E-state index in [0.29, 0.717) is 10.7 Å². The molecule has 5 rings (SSSR count). The van der Waals surface area contributed by atoms with Gasteiger partial charge in [-0.1, -0.05) is 64.9 Å². The molecule has 0 atom stereocenters. The fourth-order valence-electron chi connectivity index (χ4n) is 3.81. The van der Waals surface area contributed by atoms with Gasteiger partial charge in [0.25, 0.3) is 0 Å². The van der Waals surface area contributed by atoms with Crippen molar-refractivity contribution in [3.05, 3.63) is 65.3 Å². The van der Waals surface area contributed by atoms with Crippen LogP contribution in [0.1, 0.15) is 18.4 Å². The first-order chi connectivity index (χ1) is 15.1. The second-order valence-electron chi connectivity index (χ2n) is 7.83. The number of aromatic nitrogens is 3. The molecule has 2 aromatic carbocycles. The number of rotatable bonds is 4. The lowest BCUT2D eigenvalue weighted by Crippen LogP contribution is -2.38. The van der Waals surface area contributed by atoms with Gasteiger partial charge < -0.3 is 10.2 Å². The van der Waals surface area contributed by atoms with Gasteiger partial charge in [-0.3, -0.25) is 4.79 Å². The van der Waals surface area contributed by atoms with Crippen molar-refractivity contribution < 1.29 is 4.79 Å². The number of carbonyl (C=O) groups is 1. The molecule has 1 amide bonds. The molecule has 1 aliphatic heterocycles. The number of anilines is 2. The molecule has 2 aromatic heterocycles. The number of fused-ring (bicyclic) bond motifs is 1. The molecule has 0 saturated carbocycles. The fraction of sp³-hybridized carbons (Fsp3) is 0.261. The Labute approximate surface area is 189 Å². The first-order valence-electron chi connectivity index (χ1n) is 10.3. The zero-order chi connectivity index (χ0) is 21.4. The molecular formula is C23H22ClN5OS. The van der Waals surface area contributed by atoms with Gasteiger partial charge in [-0.25, -0.2) is 9.50 Å². The quantitative estimate of drug-likeness (QED) is 0.458. The van der Waals surface area contributed by atoms with Crippen molar-refractivity contribution in [1.82, 2.24) is 14.6 Å². The van der Waals surface area contributed by atoms with Crippen LogP contribution in [0.15, 0.2) is 54.7 Å². The molecule has 0 unspecified atom stereocenters. The van der Waals surface area contributed by atoms with Gasteiger partial charge in [0.1, 0.15) is 0 Å². The Morgan fingerprint density at radius 1 is 1.13 bits per heavy atom. The van der Waals surface area contributed by atoms with Gasteiger partial charge in [-0.05, 0) is 31.9 Å². The summed E-state index contributed by atoms with van der Waals surface area (Å²) in [6.45, 7) is 3.66. The number of nitrogens with zero attached hydrogens (tertiary/aromatic N) is 4. The van der Waals surface area contributed by atoms with E-state index < -0.39 is 0 Å². The number of benzene rings is 2. The van der Waals surface area contributed by atoms with Crippen LogP contribution in [0.2, 0.25) is 5.02 Å². The molecule has 31 heavy (non-hydrogen) atoms. The standard InChI is InChI=1S/C23H22ClN5OS/c1-15-6-8-16(9-7-15)20-14-29-22(26-20)31-23(27-29)28-12-10-17(11-13-28)21(30)25-19-5-3-2-4-18(19)24/h2-9,14,17H,10-13H2,1H3,(H,25,30). The molecule has 6 nitrogen and oxygen atoms in total. The van der Waals surface area contributed by atoms with Crippen LogP contribution in [0.3, 0.4) is 0 Å². The van der Waals surface area contributed by atoms with E-state index in [1.54, 1.807) is 17.4 Å². The maximum Gasteiger partial charge on any atom is 0.227 e. The van der Waals surface area contributed by atoms with E-state index in [-0.39, 0.29) is 11.8 Å². The van der Waals surface area contributed by atoms with Crippen LogP contribution >= 0.6 is 22.9 Å². The second kappa shape index (κ2) is 8.32.